The van der Waals surface area contributed by atoms with Crippen LogP contribution in [-0.2, 0) is 9.59 Å². The summed E-state index contributed by atoms with van der Waals surface area (Å²) in [7, 11) is 0. The van der Waals surface area contributed by atoms with E-state index in [0.717, 1.165) is 4.90 Å². The minimum Gasteiger partial charge on any atom is -0.480 e. The molecular formula is C12H14N2O5S. The summed E-state index contributed by atoms with van der Waals surface area (Å²) in [6.45, 7) is -0.308. The van der Waals surface area contributed by atoms with Gasteiger partial charge in [0.1, 0.15) is 6.04 Å². The Morgan fingerprint density at radius 3 is 2.80 bits per heavy atom. The number of aliphatic carboxylic acids is 1. The van der Waals surface area contributed by atoms with E-state index < -0.39 is 24.0 Å². The number of hydrogen-bond donors (Lipinski definition) is 3. The predicted octanol–water partition coefficient (Wildman–Crippen LogP) is -0.476. The van der Waals surface area contributed by atoms with Crippen LogP contribution in [0.1, 0.15) is 16.1 Å². The molecule has 3 N–H and O–H groups in total. The third-order valence-electron chi connectivity index (χ3n) is 3.03. The number of rotatable bonds is 4. The molecule has 1 aromatic rings. The van der Waals surface area contributed by atoms with Gasteiger partial charge in [-0.05, 0) is 11.4 Å². The summed E-state index contributed by atoms with van der Waals surface area (Å²) in [6, 6.07) is 2.32. The van der Waals surface area contributed by atoms with Gasteiger partial charge in [0, 0.05) is 13.0 Å². The highest BCUT2D eigenvalue weighted by atomic mass is 32.1. The number of nitrogens with zero attached hydrogens (tertiary/aromatic N) is 1. The number of nitrogens with one attached hydrogen (secondary N) is 1. The molecule has 0 aromatic carbocycles. The summed E-state index contributed by atoms with van der Waals surface area (Å²) >= 11 is 1.25. The number of β-amino-alcohol motifs (C(OH)–C–C–N with tert-alkyl or cyclic N) is 1. The monoisotopic (exact) mass is 298 g/mol. The Balaban J connectivity index is 1.91. The van der Waals surface area contributed by atoms with Crippen molar-refractivity contribution in [3.8, 4) is 0 Å². The molecule has 0 radical (unpaired) electrons. The molecular weight excluding hydrogens is 284 g/mol. The fraction of sp³-hybridized carbons (Fsp3) is 0.417. The van der Waals surface area contributed by atoms with Gasteiger partial charge in [-0.15, -0.1) is 11.3 Å². The maximum absolute atomic E-state index is 11.9. The average Bonchev–Trinajstić information content (AvgIpc) is 3.04. The summed E-state index contributed by atoms with van der Waals surface area (Å²) < 4.78 is 0. The van der Waals surface area contributed by atoms with Crippen LogP contribution >= 0.6 is 11.3 Å². The van der Waals surface area contributed by atoms with Crippen LogP contribution in [0.4, 0.5) is 0 Å². The maximum Gasteiger partial charge on any atom is 0.326 e. The number of likely N-dealkylation sites (tertiary alicyclic amines) is 1. The molecule has 0 aliphatic carbocycles. The van der Waals surface area contributed by atoms with Gasteiger partial charge in [-0.2, -0.15) is 0 Å². The number of carbonyl (C=O) groups excluding carboxylic acids is 2. The lowest BCUT2D eigenvalue weighted by molar-refractivity contribution is -0.147. The zero-order valence-corrected chi connectivity index (χ0v) is 11.3. The second kappa shape index (κ2) is 6.02. The number of carboxylic acids is 1. The smallest absolute Gasteiger partial charge is 0.326 e. The third kappa shape index (κ3) is 3.14. The van der Waals surface area contributed by atoms with Gasteiger partial charge in [-0.3, -0.25) is 9.59 Å². The van der Waals surface area contributed by atoms with Crippen molar-refractivity contribution in [3.05, 3.63) is 22.4 Å². The second-order valence-electron chi connectivity index (χ2n) is 4.45. The minimum absolute atomic E-state index is 0.0138. The van der Waals surface area contributed by atoms with Gasteiger partial charge in [0.05, 0.1) is 17.5 Å². The Kier molecular flexibility index (Phi) is 4.35. The molecule has 1 aliphatic heterocycles. The molecule has 1 saturated heterocycles. The lowest BCUT2D eigenvalue weighted by Crippen LogP contribution is -2.45. The third-order valence-corrected chi connectivity index (χ3v) is 3.90. The van der Waals surface area contributed by atoms with Crippen LogP contribution in [0.15, 0.2) is 17.5 Å². The number of carbonyl (C=O) groups is 3. The molecule has 1 aromatic heterocycles. The van der Waals surface area contributed by atoms with E-state index in [-0.39, 0.29) is 25.4 Å². The molecule has 0 saturated carbocycles. The number of thiophene rings is 1. The quantitative estimate of drug-likeness (QED) is 0.696. The van der Waals surface area contributed by atoms with Gasteiger partial charge in [-0.1, -0.05) is 6.07 Å². The van der Waals surface area contributed by atoms with E-state index in [4.69, 9.17) is 5.11 Å². The Labute approximate surface area is 118 Å². The highest BCUT2D eigenvalue weighted by Gasteiger charge is 2.38. The molecule has 108 valence electrons. The summed E-state index contributed by atoms with van der Waals surface area (Å²) in [5, 5.41) is 22.6. The Morgan fingerprint density at radius 2 is 2.20 bits per heavy atom. The predicted molar refractivity (Wildman–Crippen MR) is 70.4 cm³/mol. The average molecular weight is 298 g/mol. The van der Waals surface area contributed by atoms with Gasteiger partial charge >= 0.3 is 5.97 Å². The molecule has 2 atom stereocenters. The van der Waals surface area contributed by atoms with E-state index in [2.05, 4.69) is 5.32 Å². The van der Waals surface area contributed by atoms with E-state index in [0.29, 0.717) is 4.88 Å². The topological polar surface area (TPSA) is 107 Å². The van der Waals surface area contributed by atoms with Crippen molar-refractivity contribution in [2.24, 2.45) is 0 Å². The molecule has 8 heteroatoms. The van der Waals surface area contributed by atoms with Crippen molar-refractivity contribution in [1.29, 1.82) is 0 Å². The van der Waals surface area contributed by atoms with Crippen LogP contribution in [0.25, 0.3) is 0 Å². The zero-order valence-electron chi connectivity index (χ0n) is 10.5. The van der Waals surface area contributed by atoms with Crippen LogP contribution in [0.3, 0.4) is 0 Å². The van der Waals surface area contributed by atoms with Gasteiger partial charge in [0.15, 0.2) is 0 Å². The summed E-state index contributed by atoms with van der Waals surface area (Å²) in [5.41, 5.74) is 0. The van der Waals surface area contributed by atoms with E-state index >= 15 is 0 Å². The summed E-state index contributed by atoms with van der Waals surface area (Å²) in [5.74, 6) is -2.04. The van der Waals surface area contributed by atoms with Crippen molar-refractivity contribution >= 4 is 29.1 Å². The number of amides is 2. The standard InChI is InChI=1S/C12H14N2O5S/c15-7-4-8(12(18)19)14(6-7)10(16)5-13-11(17)9-2-1-3-20-9/h1-3,7-8,15H,4-6H2,(H,13,17)(H,18,19)/t7?,8-/m0/s1. The lowest BCUT2D eigenvalue weighted by Gasteiger charge is -2.21. The van der Waals surface area contributed by atoms with Crippen LogP contribution in [-0.4, -0.2) is 58.1 Å². The molecule has 7 nitrogen and oxygen atoms in total. The zero-order chi connectivity index (χ0) is 14.7. The van der Waals surface area contributed by atoms with E-state index in [1.165, 1.54) is 11.3 Å². The molecule has 2 heterocycles. The molecule has 1 aliphatic rings. The molecule has 1 unspecified atom stereocenters. The Hall–Kier alpha value is -1.93. The Morgan fingerprint density at radius 1 is 1.45 bits per heavy atom. The van der Waals surface area contributed by atoms with Crippen LogP contribution < -0.4 is 5.32 Å². The highest BCUT2D eigenvalue weighted by molar-refractivity contribution is 7.12. The molecule has 2 amide bonds. The van der Waals surface area contributed by atoms with Crippen molar-refractivity contribution < 1.29 is 24.6 Å². The first-order chi connectivity index (χ1) is 9.49. The van der Waals surface area contributed by atoms with Gasteiger partial charge < -0.3 is 20.4 Å². The maximum atomic E-state index is 11.9. The Bertz CT molecular complexity index is 516. The van der Waals surface area contributed by atoms with E-state index in [1.54, 1.807) is 17.5 Å². The number of aliphatic hydroxyl groups excluding tert-OH is 1. The van der Waals surface area contributed by atoms with Crippen LogP contribution in [0, 0.1) is 0 Å². The van der Waals surface area contributed by atoms with Gasteiger partial charge in [-0.25, -0.2) is 4.79 Å². The number of aliphatic hydroxyl groups is 1. The fourth-order valence-corrected chi connectivity index (χ4v) is 2.72. The molecule has 20 heavy (non-hydrogen) atoms. The first-order valence-electron chi connectivity index (χ1n) is 6.01. The van der Waals surface area contributed by atoms with Crippen molar-refractivity contribution in [2.75, 3.05) is 13.1 Å². The first-order valence-corrected chi connectivity index (χ1v) is 6.89. The summed E-state index contributed by atoms with van der Waals surface area (Å²) in [4.78, 5) is 36.1. The largest absolute Gasteiger partial charge is 0.480 e. The highest BCUT2D eigenvalue weighted by Crippen LogP contribution is 2.18. The normalized spacial score (nSPS) is 21.8. The number of hydrogen-bond acceptors (Lipinski definition) is 5. The van der Waals surface area contributed by atoms with E-state index in [1.807, 2.05) is 0 Å². The first kappa shape index (κ1) is 14.5. The molecule has 2 rings (SSSR count). The second-order valence-corrected chi connectivity index (χ2v) is 5.40. The fourth-order valence-electron chi connectivity index (χ4n) is 2.08. The van der Waals surface area contributed by atoms with Crippen molar-refractivity contribution in [3.63, 3.8) is 0 Å². The molecule has 1 fully saturated rings. The SMILES string of the molecule is O=C(NCC(=O)N1CC(O)C[C@H]1C(=O)O)c1cccs1. The van der Waals surface area contributed by atoms with Crippen LogP contribution in [0.2, 0.25) is 0 Å². The molecule has 0 spiro atoms. The lowest BCUT2D eigenvalue weighted by atomic mass is 10.2. The van der Waals surface area contributed by atoms with Gasteiger partial charge in [0.2, 0.25) is 5.91 Å². The number of carboxylic acid groups (broad SMARTS) is 1. The van der Waals surface area contributed by atoms with Crippen molar-refractivity contribution in [1.82, 2.24) is 10.2 Å². The summed E-state index contributed by atoms with van der Waals surface area (Å²) in [6.07, 6.45) is -0.826. The van der Waals surface area contributed by atoms with E-state index in [9.17, 15) is 19.5 Å². The van der Waals surface area contributed by atoms with Crippen molar-refractivity contribution in [2.45, 2.75) is 18.6 Å². The molecule has 0 bridgehead atoms. The van der Waals surface area contributed by atoms with Crippen LogP contribution in [0.5, 0.6) is 0 Å². The minimum atomic E-state index is -1.15. The van der Waals surface area contributed by atoms with Gasteiger partial charge in [0.25, 0.3) is 5.91 Å².